The molecule has 46 valence electrons. The van der Waals surface area contributed by atoms with E-state index in [-0.39, 0.29) is 0 Å². The monoisotopic (exact) mass is 130 g/mol. The van der Waals surface area contributed by atoms with Gasteiger partial charge in [-0.05, 0) is 24.6 Å². The molecule has 0 unspecified atom stereocenters. The van der Waals surface area contributed by atoms with Crippen molar-refractivity contribution in [1.29, 1.82) is 0 Å². The van der Waals surface area contributed by atoms with Crippen LogP contribution in [0.25, 0.3) is 0 Å². The maximum atomic E-state index is 5.22. The highest BCUT2D eigenvalue weighted by atomic mass is 32.1. The van der Waals surface area contributed by atoms with Crippen LogP contribution in [0.1, 0.15) is 13.3 Å². The van der Waals surface area contributed by atoms with Gasteiger partial charge in [-0.15, -0.1) is 0 Å². The molecule has 2 atom stereocenters. The Morgan fingerprint density at radius 2 is 2.38 bits per heavy atom. The van der Waals surface area contributed by atoms with Gasteiger partial charge in [-0.25, -0.2) is 0 Å². The zero-order valence-electron chi connectivity index (χ0n) is 4.85. The van der Waals surface area contributed by atoms with Gasteiger partial charge in [0.25, 0.3) is 0 Å². The first-order chi connectivity index (χ1) is 3.70. The zero-order chi connectivity index (χ0) is 6.15. The second-order valence-electron chi connectivity index (χ2n) is 2.33. The van der Waals surface area contributed by atoms with Crippen LogP contribution >= 0.6 is 12.2 Å². The largest absolute Gasteiger partial charge is 0.376 e. The molecule has 1 rings (SSSR count). The van der Waals surface area contributed by atoms with E-state index in [2.05, 4.69) is 24.5 Å². The molecule has 1 aliphatic carbocycles. The van der Waals surface area contributed by atoms with Gasteiger partial charge in [-0.3, -0.25) is 0 Å². The van der Waals surface area contributed by atoms with Crippen LogP contribution in [-0.2, 0) is 0 Å². The molecule has 2 nitrogen and oxygen atoms in total. The van der Waals surface area contributed by atoms with Crippen molar-refractivity contribution in [3.8, 4) is 0 Å². The number of thiocarbonyl (C=S) groups is 1. The fraction of sp³-hybridized carbons (Fsp3) is 0.800. The summed E-state index contributed by atoms with van der Waals surface area (Å²) in [5.41, 5.74) is 5.22. The second-order valence-corrected chi connectivity index (χ2v) is 2.77. The first-order valence-electron chi connectivity index (χ1n) is 2.76. The summed E-state index contributed by atoms with van der Waals surface area (Å²) >= 11 is 4.63. The molecule has 0 amide bonds. The van der Waals surface area contributed by atoms with Crippen LogP contribution in [0.4, 0.5) is 0 Å². The minimum atomic E-state index is 0.430. The fourth-order valence-corrected chi connectivity index (χ4v) is 0.857. The van der Waals surface area contributed by atoms with Crippen LogP contribution in [0.5, 0.6) is 0 Å². The highest BCUT2D eigenvalue weighted by Crippen LogP contribution is 2.28. The van der Waals surface area contributed by atoms with Gasteiger partial charge in [0.1, 0.15) is 0 Å². The average Bonchev–Trinajstić information content (AvgIpc) is 2.17. The molecule has 0 aromatic carbocycles. The summed E-state index contributed by atoms with van der Waals surface area (Å²) < 4.78 is 0. The van der Waals surface area contributed by atoms with E-state index < -0.39 is 0 Å². The number of hydrogen-bond acceptors (Lipinski definition) is 1. The number of rotatable bonds is 1. The summed E-state index contributed by atoms with van der Waals surface area (Å²) in [5.74, 6) is 0.775. The van der Waals surface area contributed by atoms with E-state index in [1.807, 2.05) is 0 Å². The van der Waals surface area contributed by atoms with E-state index in [0.29, 0.717) is 11.2 Å². The second kappa shape index (κ2) is 1.90. The van der Waals surface area contributed by atoms with Crippen molar-refractivity contribution >= 4 is 17.3 Å². The Hall–Kier alpha value is -0.310. The van der Waals surface area contributed by atoms with Crippen LogP contribution in [0.15, 0.2) is 0 Å². The molecule has 1 aliphatic rings. The molecule has 0 saturated heterocycles. The van der Waals surface area contributed by atoms with Crippen molar-refractivity contribution in [2.45, 2.75) is 19.4 Å². The van der Waals surface area contributed by atoms with Crippen molar-refractivity contribution in [2.75, 3.05) is 0 Å². The van der Waals surface area contributed by atoms with Gasteiger partial charge in [0, 0.05) is 6.04 Å². The Bertz CT molecular complexity index is 113. The van der Waals surface area contributed by atoms with Crippen LogP contribution < -0.4 is 11.1 Å². The van der Waals surface area contributed by atoms with Crippen molar-refractivity contribution < 1.29 is 0 Å². The van der Waals surface area contributed by atoms with E-state index >= 15 is 0 Å². The predicted molar refractivity (Wildman–Crippen MR) is 37.5 cm³/mol. The third kappa shape index (κ3) is 1.33. The maximum Gasteiger partial charge on any atom is 0.163 e. The summed E-state index contributed by atoms with van der Waals surface area (Å²) in [7, 11) is 0. The third-order valence-electron chi connectivity index (χ3n) is 1.44. The molecule has 1 fully saturated rings. The quantitative estimate of drug-likeness (QED) is 0.499. The van der Waals surface area contributed by atoms with E-state index in [0.717, 1.165) is 5.92 Å². The highest BCUT2D eigenvalue weighted by Gasteiger charge is 2.32. The lowest BCUT2D eigenvalue weighted by Gasteiger charge is -1.97. The minimum Gasteiger partial charge on any atom is -0.376 e. The van der Waals surface area contributed by atoms with Crippen LogP contribution in [0.3, 0.4) is 0 Å². The number of nitrogens with two attached hydrogens (primary N) is 1. The van der Waals surface area contributed by atoms with Gasteiger partial charge in [-0.2, -0.15) is 0 Å². The Balaban J connectivity index is 2.14. The Labute approximate surface area is 54.4 Å². The van der Waals surface area contributed by atoms with Gasteiger partial charge in [0.15, 0.2) is 5.11 Å². The zero-order valence-corrected chi connectivity index (χ0v) is 5.66. The molecule has 0 aliphatic heterocycles. The van der Waals surface area contributed by atoms with Crippen molar-refractivity contribution in [3.63, 3.8) is 0 Å². The minimum absolute atomic E-state index is 0.430. The van der Waals surface area contributed by atoms with Crippen molar-refractivity contribution in [3.05, 3.63) is 0 Å². The van der Waals surface area contributed by atoms with Crippen LogP contribution in [0, 0.1) is 5.92 Å². The van der Waals surface area contributed by atoms with Crippen molar-refractivity contribution in [1.82, 2.24) is 5.32 Å². The molecule has 3 heteroatoms. The van der Waals surface area contributed by atoms with E-state index in [9.17, 15) is 0 Å². The van der Waals surface area contributed by atoms with E-state index in [1.54, 1.807) is 0 Å². The molecular formula is C5H10N2S. The standard InChI is InChI=1S/C5H10N2S/c1-3-2-4(3)7-5(6)8/h3-4H,2H2,1H3,(H3,6,7,8)/t3-,4+/m0/s1. The predicted octanol–water partition coefficient (Wildman–Crippen LogP) is 0.228. The third-order valence-corrected chi connectivity index (χ3v) is 1.55. The van der Waals surface area contributed by atoms with Gasteiger partial charge < -0.3 is 11.1 Å². The van der Waals surface area contributed by atoms with Gasteiger partial charge >= 0.3 is 0 Å². The molecule has 0 aromatic heterocycles. The smallest absolute Gasteiger partial charge is 0.163 e. The topological polar surface area (TPSA) is 38.0 Å². The molecular weight excluding hydrogens is 120 g/mol. The maximum absolute atomic E-state index is 5.22. The fourth-order valence-electron chi connectivity index (χ4n) is 0.706. The van der Waals surface area contributed by atoms with E-state index in [4.69, 9.17) is 5.73 Å². The molecule has 0 bridgehead atoms. The number of hydrogen-bond donors (Lipinski definition) is 2. The highest BCUT2D eigenvalue weighted by molar-refractivity contribution is 7.80. The Morgan fingerprint density at radius 3 is 2.50 bits per heavy atom. The first-order valence-corrected chi connectivity index (χ1v) is 3.17. The molecule has 0 aromatic rings. The first kappa shape index (κ1) is 5.82. The Kier molecular flexibility index (Phi) is 1.38. The summed E-state index contributed by atoms with van der Waals surface area (Å²) in [6.45, 7) is 2.18. The van der Waals surface area contributed by atoms with Gasteiger partial charge in [0.05, 0.1) is 0 Å². The summed E-state index contributed by atoms with van der Waals surface area (Å²) in [4.78, 5) is 0. The number of nitrogens with one attached hydrogen (secondary N) is 1. The molecule has 0 spiro atoms. The van der Waals surface area contributed by atoms with Gasteiger partial charge in [0.2, 0.25) is 0 Å². The van der Waals surface area contributed by atoms with E-state index in [1.165, 1.54) is 6.42 Å². The lowest BCUT2D eigenvalue weighted by atomic mass is 10.5. The lowest BCUT2D eigenvalue weighted by Crippen LogP contribution is -2.31. The normalized spacial score (nSPS) is 34.1. The van der Waals surface area contributed by atoms with Crippen LogP contribution in [-0.4, -0.2) is 11.2 Å². The SMILES string of the molecule is C[C@H]1C[C@H]1NC(N)=S. The molecule has 0 radical (unpaired) electrons. The molecule has 1 saturated carbocycles. The lowest BCUT2D eigenvalue weighted by molar-refractivity contribution is 0.816. The van der Waals surface area contributed by atoms with Gasteiger partial charge in [-0.1, -0.05) is 6.92 Å². The summed E-state index contributed by atoms with van der Waals surface area (Å²) in [6, 6.07) is 0.576. The average molecular weight is 130 g/mol. The summed E-state index contributed by atoms with van der Waals surface area (Å²) in [5, 5.41) is 3.41. The Morgan fingerprint density at radius 1 is 1.88 bits per heavy atom. The molecule has 8 heavy (non-hydrogen) atoms. The molecule has 3 N–H and O–H groups in total. The molecule has 0 heterocycles. The summed E-state index contributed by atoms with van der Waals surface area (Å²) in [6.07, 6.45) is 1.22. The van der Waals surface area contributed by atoms with Crippen LogP contribution in [0.2, 0.25) is 0 Å². The van der Waals surface area contributed by atoms with Crippen molar-refractivity contribution in [2.24, 2.45) is 11.7 Å².